The topological polar surface area (TPSA) is 18.5 Å². The molecule has 0 bridgehead atoms. The minimum atomic E-state index is -1.85. The molecule has 3 aromatic carbocycles. The summed E-state index contributed by atoms with van der Waals surface area (Å²) < 4.78 is 11.3. The molecule has 0 spiro atoms. The average Bonchev–Trinajstić information content (AvgIpc) is 3.27. The Morgan fingerprint density at radius 2 is 1.07 bits per heavy atom. The molecule has 1 aliphatic heterocycles. The van der Waals surface area contributed by atoms with Crippen LogP contribution in [0.1, 0.15) is 12.8 Å². The maximum absolute atomic E-state index is 5.65. The largest absolute Gasteiger partial charge is 0.350 e. The SMILES string of the molecule is C(CCC1OCCO1)=P(c1ccccc1)(c1ccccc1)c1ccccc1. The Morgan fingerprint density at radius 3 is 1.48 bits per heavy atom. The molecule has 27 heavy (non-hydrogen) atoms. The summed E-state index contributed by atoms with van der Waals surface area (Å²) >= 11 is 0. The average molecular weight is 376 g/mol. The third-order valence-electron chi connectivity index (χ3n) is 4.99. The molecule has 0 atom stereocenters. The first-order valence-electron chi connectivity index (χ1n) is 9.53. The second-order valence-corrected chi connectivity index (χ2v) is 10.0. The minimum Gasteiger partial charge on any atom is -0.350 e. The molecule has 0 aromatic heterocycles. The first-order chi connectivity index (χ1) is 13.4. The second kappa shape index (κ2) is 8.71. The van der Waals surface area contributed by atoms with Gasteiger partial charge in [0.1, 0.15) is 0 Å². The Balaban J connectivity index is 1.86. The van der Waals surface area contributed by atoms with Gasteiger partial charge in [-0.1, -0.05) is 96.8 Å². The Kier molecular flexibility index (Phi) is 5.89. The molecule has 1 saturated heterocycles. The van der Waals surface area contributed by atoms with Crippen LogP contribution in [0.4, 0.5) is 0 Å². The highest BCUT2D eigenvalue weighted by Crippen LogP contribution is 2.44. The van der Waals surface area contributed by atoms with Gasteiger partial charge in [0.15, 0.2) is 6.29 Å². The number of ether oxygens (including phenoxy) is 2. The van der Waals surface area contributed by atoms with E-state index in [1.807, 2.05) is 0 Å². The quantitative estimate of drug-likeness (QED) is 0.607. The minimum absolute atomic E-state index is 0.0644. The fourth-order valence-corrected chi connectivity index (χ4v) is 7.72. The van der Waals surface area contributed by atoms with Gasteiger partial charge in [0, 0.05) is 6.42 Å². The number of hydrogen-bond acceptors (Lipinski definition) is 2. The van der Waals surface area contributed by atoms with E-state index in [1.165, 1.54) is 15.9 Å². The van der Waals surface area contributed by atoms with Crippen molar-refractivity contribution in [1.82, 2.24) is 0 Å². The van der Waals surface area contributed by atoms with E-state index in [-0.39, 0.29) is 6.29 Å². The van der Waals surface area contributed by atoms with Gasteiger partial charge >= 0.3 is 0 Å². The maximum Gasteiger partial charge on any atom is 0.158 e. The fourth-order valence-electron chi connectivity index (χ4n) is 3.73. The maximum atomic E-state index is 5.65. The monoisotopic (exact) mass is 376 g/mol. The van der Waals surface area contributed by atoms with Crippen molar-refractivity contribution in [1.29, 1.82) is 0 Å². The number of benzene rings is 3. The molecule has 0 N–H and O–H groups in total. The lowest BCUT2D eigenvalue weighted by molar-refractivity contribution is -0.0448. The van der Waals surface area contributed by atoms with Gasteiger partial charge in [0.2, 0.25) is 0 Å². The third-order valence-corrected chi connectivity index (χ3v) is 9.13. The molecule has 138 valence electrons. The van der Waals surface area contributed by atoms with E-state index in [2.05, 4.69) is 96.8 Å². The van der Waals surface area contributed by atoms with Crippen LogP contribution in [-0.2, 0) is 9.47 Å². The van der Waals surface area contributed by atoms with E-state index >= 15 is 0 Å². The summed E-state index contributed by atoms with van der Waals surface area (Å²) in [6, 6.07) is 32.8. The van der Waals surface area contributed by atoms with Crippen LogP contribution in [0.25, 0.3) is 0 Å². The Hall–Kier alpha value is -2.12. The molecule has 0 radical (unpaired) electrons. The molecule has 3 aromatic rings. The predicted octanol–water partition coefficient (Wildman–Crippen LogP) is 3.94. The molecule has 4 rings (SSSR count). The molecule has 1 aliphatic rings. The van der Waals surface area contributed by atoms with Crippen LogP contribution in [-0.4, -0.2) is 25.3 Å². The second-order valence-electron chi connectivity index (χ2n) is 6.66. The third kappa shape index (κ3) is 3.94. The molecule has 0 unspecified atom stereocenters. The summed E-state index contributed by atoms with van der Waals surface area (Å²) in [5, 5.41) is 4.15. The van der Waals surface area contributed by atoms with Crippen molar-refractivity contribution < 1.29 is 9.47 Å². The van der Waals surface area contributed by atoms with Crippen LogP contribution in [0, 0.1) is 0 Å². The Bertz CT molecular complexity index is 782. The lowest BCUT2D eigenvalue weighted by Crippen LogP contribution is -2.27. The zero-order chi connectivity index (χ0) is 18.4. The first kappa shape index (κ1) is 18.3. The lowest BCUT2D eigenvalue weighted by atomic mass is 10.3. The number of rotatable bonds is 6. The van der Waals surface area contributed by atoms with Gasteiger partial charge in [-0.15, -0.1) is 0 Å². The predicted molar refractivity (Wildman–Crippen MR) is 116 cm³/mol. The Morgan fingerprint density at radius 1 is 0.667 bits per heavy atom. The molecule has 3 heteroatoms. The van der Waals surface area contributed by atoms with E-state index in [0.717, 1.165) is 12.8 Å². The van der Waals surface area contributed by atoms with Gasteiger partial charge in [-0.3, -0.25) is 0 Å². The van der Waals surface area contributed by atoms with Gasteiger partial charge < -0.3 is 9.47 Å². The zero-order valence-electron chi connectivity index (χ0n) is 15.4. The van der Waals surface area contributed by atoms with E-state index in [1.54, 1.807) is 0 Å². The summed E-state index contributed by atoms with van der Waals surface area (Å²) in [5.41, 5.74) is 0. The molecule has 1 fully saturated rings. The summed E-state index contributed by atoms with van der Waals surface area (Å²) in [4.78, 5) is 0. The van der Waals surface area contributed by atoms with Gasteiger partial charge in [-0.25, -0.2) is 0 Å². The zero-order valence-corrected chi connectivity index (χ0v) is 16.3. The van der Waals surface area contributed by atoms with E-state index in [0.29, 0.717) is 13.2 Å². The summed E-state index contributed by atoms with van der Waals surface area (Å²) in [6.07, 6.45) is 1.79. The van der Waals surface area contributed by atoms with Gasteiger partial charge in [-0.05, 0) is 29.2 Å². The van der Waals surface area contributed by atoms with Crippen molar-refractivity contribution in [2.24, 2.45) is 0 Å². The highest BCUT2D eigenvalue weighted by Gasteiger charge is 2.25. The molecule has 2 nitrogen and oxygen atoms in total. The summed E-state index contributed by atoms with van der Waals surface area (Å²) in [7, 11) is 0. The van der Waals surface area contributed by atoms with E-state index < -0.39 is 6.89 Å². The van der Waals surface area contributed by atoms with Gasteiger partial charge in [-0.2, -0.15) is 0 Å². The van der Waals surface area contributed by atoms with Crippen LogP contribution >= 0.6 is 6.89 Å². The molecule has 0 saturated carbocycles. The van der Waals surface area contributed by atoms with Crippen LogP contribution in [0.15, 0.2) is 91.0 Å². The van der Waals surface area contributed by atoms with Crippen molar-refractivity contribution in [3.63, 3.8) is 0 Å². The van der Waals surface area contributed by atoms with E-state index in [4.69, 9.17) is 9.47 Å². The van der Waals surface area contributed by atoms with E-state index in [9.17, 15) is 0 Å². The highest BCUT2D eigenvalue weighted by atomic mass is 31.2. The fraction of sp³-hybridized carbons (Fsp3) is 0.208. The standard InChI is InChI=1S/C24H25O2P/c1-4-11-21(12-5-1)27(22-13-6-2-7-14-22,23-15-8-3-9-16-23)20-10-17-24-25-18-19-26-24/h1-9,11-16,20,24H,10,17-19H2. The molecule has 0 amide bonds. The summed E-state index contributed by atoms with van der Waals surface area (Å²) in [5.74, 6) is 2.54. The van der Waals surface area contributed by atoms with Crippen molar-refractivity contribution in [2.75, 3.05) is 13.2 Å². The van der Waals surface area contributed by atoms with Crippen molar-refractivity contribution >= 4 is 28.6 Å². The van der Waals surface area contributed by atoms with Crippen molar-refractivity contribution in [3.8, 4) is 0 Å². The number of hydrogen-bond donors (Lipinski definition) is 0. The molecule has 0 aliphatic carbocycles. The molecule has 1 heterocycles. The lowest BCUT2D eigenvalue weighted by Gasteiger charge is -2.29. The van der Waals surface area contributed by atoms with Crippen molar-refractivity contribution in [3.05, 3.63) is 91.0 Å². The van der Waals surface area contributed by atoms with Crippen LogP contribution in [0.5, 0.6) is 0 Å². The Labute approximate surface area is 161 Å². The van der Waals surface area contributed by atoms with Gasteiger partial charge in [0.05, 0.1) is 13.2 Å². The van der Waals surface area contributed by atoms with Gasteiger partial charge in [0.25, 0.3) is 0 Å². The first-order valence-corrected chi connectivity index (χ1v) is 11.4. The van der Waals surface area contributed by atoms with Crippen LogP contribution in [0.3, 0.4) is 0 Å². The smallest absolute Gasteiger partial charge is 0.158 e. The normalized spacial score (nSPS) is 15.0. The van der Waals surface area contributed by atoms with Crippen molar-refractivity contribution in [2.45, 2.75) is 19.1 Å². The van der Waals surface area contributed by atoms with Crippen LogP contribution in [0.2, 0.25) is 0 Å². The molecular weight excluding hydrogens is 351 g/mol. The van der Waals surface area contributed by atoms with Crippen LogP contribution < -0.4 is 15.9 Å². The highest BCUT2D eigenvalue weighted by molar-refractivity contribution is 7.94. The summed E-state index contributed by atoms with van der Waals surface area (Å²) in [6.45, 7) is -0.427. The molecular formula is C24H25O2P.